The van der Waals surface area contributed by atoms with Crippen molar-refractivity contribution in [3.8, 4) is 0 Å². The molecule has 3 amide bonds. The third-order valence-corrected chi connectivity index (χ3v) is 7.39. The van der Waals surface area contributed by atoms with Crippen LogP contribution in [0.5, 0.6) is 0 Å². The lowest BCUT2D eigenvalue weighted by Crippen LogP contribution is -2.49. The van der Waals surface area contributed by atoms with E-state index in [4.69, 9.17) is 4.98 Å². The average Bonchev–Trinajstić information content (AvgIpc) is 3.14. The molecule has 0 atom stereocenters. The van der Waals surface area contributed by atoms with Gasteiger partial charge < -0.3 is 15.1 Å². The molecule has 0 bridgehead atoms. The SMILES string of the molecule is Cc1cc(N2CCN(C(=O)CCCN3C(=O)c4ccccc4C3=O)CC2)nc(NC2CCCCC2)n1. The van der Waals surface area contributed by atoms with Gasteiger partial charge in [0, 0.05) is 56.9 Å². The Bertz CT molecular complexity index is 1100. The van der Waals surface area contributed by atoms with E-state index in [9.17, 15) is 14.4 Å². The number of fused-ring (bicyclic) bond motifs is 1. The van der Waals surface area contributed by atoms with Gasteiger partial charge in [0.15, 0.2) is 0 Å². The first-order valence-corrected chi connectivity index (χ1v) is 13.1. The fourth-order valence-electron chi connectivity index (χ4n) is 5.38. The number of anilines is 2. The zero-order valence-electron chi connectivity index (χ0n) is 20.9. The van der Waals surface area contributed by atoms with Gasteiger partial charge in [0.25, 0.3) is 11.8 Å². The minimum absolute atomic E-state index is 0.0600. The highest BCUT2D eigenvalue weighted by Crippen LogP contribution is 2.24. The van der Waals surface area contributed by atoms with Gasteiger partial charge in [0.1, 0.15) is 5.82 Å². The first-order chi connectivity index (χ1) is 17.5. The molecular formula is C27H34N6O3. The molecule has 1 saturated heterocycles. The molecule has 1 N–H and O–H groups in total. The minimum Gasteiger partial charge on any atom is -0.353 e. The van der Waals surface area contributed by atoms with E-state index in [1.165, 1.54) is 37.0 Å². The summed E-state index contributed by atoms with van der Waals surface area (Å²) in [5, 5.41) is 3.52. The van der Waals surface area contributed by atoms with Gasteiger partial charge in [-0.15, -0.1) is 0 Å². The van der Waals surface area contributed by atoms with Crippen molar-refractivity contribution in [2.24, 2.45) is 0 Å². The summed E-state index contributed by atoms with van der Waals surface area (Å²) in [6.45, 7) is 4.92. The van der Waals surface area contributed by atoms with Crippen molar-refractivity contribution >= 4 is 29.5 Å². The third kappa shape index (κ3) is 5.20. The molecule has 2 fully saturated rings. The summed E-state index contributed by atoms with van der Waals surface area (Å²) in [5.74, 6) is 1.12. The quantitative estimate of drug-likeness (QED) is 0.595. The van der Waals surface area contributed by atoms with Crippen LogP contribution in [0.25, 0.3) is 0 Å². The van der Waals surface area contributed by atoms with Gasteiger partial charge in [-0.25, -0.2) is 4.98 Å². The lowest BCUT2D eigenvalue weighted by Gasteiger charge is -2.35. The van der Waals surface area contributed by atoms with E-state index in [0.717, 1.165) is 11.5 Å². The van der Waals surface area contributed by atoms with Gasteiger partial charge in [-0.2, -0.15) is 4.98 Å². The lowest BCUT2D eigenvalue weighted by molar-refractivity contribution is -0.131. The maximum Gasteiger partial charge on any atom is 0.261 e. The molecule has 0 radical (unpaired) electrons. The van der Waals surface area contributed by atoms with Crippen molar-refractivity contribution in [2.75, 3.05) is 42.9 Å². The van der Waals surface area contributed by atoms with Crippen molar-refractivity contribution in [3.63, 3.8) is 0 Å². The summed E-state index contributed by atoms with van der Waals surface area (Å²) < 4.78 is 0. The molecule has 3 aliphatic rings. The topological polar surface area (TPSA) is 98.7 Å². The molecule has 5 rings (SSSR count). The Hall–Kier alpha value is -3.49. The summed E-state index contributed by atoms with van der Waals surface area (Å²) >= 11 is 0. The van der Waals surface area contributed by atoms with Crippen LogP contribution in [0.15, 0.2) is 30.3 Å². The Morgan fingerprint density at radius 2 is 1.64 bits per heavy atom. The van der Waals surface area contributed by atoms with Gasteiger partial charge in [0.2, 0.25) is 11.9 Å². The van der Waals surface area contributed by atoms with Crippen LogP contribution in [0, 0.1) is 6.92 Å². The molecule has 1 saturated carbocycles. The summed E-state index contributed by atoms with van der Waals surface area (Å²) in [6.07, 6.45) is 6.93. The molecule has 1 aromatic carbocycles. The number of carbonyl (C=O) groups excluding carboxylic acids is 3. The standard InChI is InChI=1S/C27H34N6O3/c1-19-18-23(30-27(28-19)29-20-8-3-2-4-9-20)31-14-16-32(17-15-31)24(34)12-7-13-33-25(35)21-10-5-6-11-22(21)26(33)36/h5-6,10-11,18,20H,2-4,7-9,12-17H2,1H3,(H,28,29,30). The number of hydrogen-bond acceptors (Lipinski definition) is 7. The molecule has 36 heavy (non-hydrogen) atoms. The van der Waals surface area contributed by atoms with Gasteiger partial charge >= 0.3 is 0 Å². The van der Waals surface area contributed by atoms with Gasteiger partial charge in [-0.05, 0) is 38.3 Å². The highest BCUT2D eigenvalue weighted by Gasteiger charge is 2.34. The van der Waals surface area contributed by atoms with E-state index >= 15 is 0 Å². The number of rotatable bonds is 7. The molecular weight excluding hydrogens is 456 g/mol. The van der Waals surface area contributed by atoms with E-state index in [1.807, 2.05) is 17.9 Å². The van der Waals surface area contributed by atoms with Crippen LogP contribution < -0.4 is 10.2 Å². The van der Waals surface area contributed by atoms with E-state index in [-0.39, 0.29) is 24.3 Å². The minimum atomic E-state index is -0.269. The van der Waals surface area contributed by atoms with Crippen LogP contribution in [0.4, 0.5) is 11.8 Å². The van der Waals surface area contributed by atoms with Crippen molar-refractivity contribution in [3.05, 3.63) is 47.2 Å². The van der Waals surface area contributed by atoms with Crippen LogP contribution in [-0.2, 0) is 4.79 Å². The van der Waals surface area contributed by atoms with Gasteiger partial charge in [-0.3, -0.25) is 19.3 Å². The number of nitrogens with one attached hydrogen (secondary N) is 1. The van der Waals surface area contributed by atoms with Gasteiger partial charge in [-0.1, -0.05) is 31.4 Å². The Morgan fingerprint density at radius 1 is 0.972 bits per heavy atom. The number of hydrogen-bond donors (Lipinski definition) is 1. The molecule has 190 valence electrons. The van der Waals surface area contributed by atoms with Gasteiger partial charge in [0.05, 0.1) is 11.1 Å². The molecule has 1 aliphatic carbocycles. The molecule has 0 spiro atoms. The van der Waals surface area contributed by atoms with Crippen LogP contribution >= 0.6 is 0 Å². The molecule has 2 aliphatic heterocycles. The molecule has 1 aromatic heterocycles. The lowest BCUT2D eigenvalue weighted by atomic mass is 9.96. The maximum absolute atomic E-state index is 12.8. The molecule has 0 unspecified atom stereocenters. The second-order valence-corrected chi connectivity index (χ2v) is 9.95. The first-order valence-electron chi connectivity index (χ1n) is 13.1. The van der Waals surface area contributed by atoms with E-state index in [0.29, 0.717) is 62.1 Å². The largest absolute Gasteiger partial charge is 0.353 e. The predicted molar refractivity (Wildman–Crippen MR) is 137 cm³/mol. The predicted octanol–water partition coefficient (Wildman–Crippen LogP) is 3.25. The number of nitrogens with zero attached hydrogens (tertiary/aromatic N) is 5. The summed E-state index contributed by atoms with van der Waals surface area (Å²) in [6, 6.07) is 9.32. The second kappa shape index (κ2) is 10.6. The monoisotopic (exact) mass is 490 g/mol. The number of piperazine rings is 1. The molecule has 2 aromatic rings. The van der Waals surface area contributed by atoms with E-state index in [1.54, 1.807) is 24.3 Å². The molecule has 9 nitrogen and oxygen atoms in total. The summed E-state index contributed by atoms with van der Waals surface area (Å²) in [5.41, 5.74) is 1.83. The van der Waals surface area contributed by atoms with Crippen LogP contribution in [0.1, 0.15) is 71.4 Å². The van der Waals surface area contributed by atoms with Crippen molar-refractivity contribution in [1.29, 1.82) is 0 Å². The maximum atomic E-state index is 12.8. The molecule has 9 heteroatoms. The zero-order chi connectivity index (χ0) is 25.1. The number of benzene rings is 1. The van der Waals surface area contributed by atoms with E-state index in [2.05, 4.69) is 15.2 Å². The van der Waals surface area contributed by atoms with Crippen LogP contribution in [0.2, 0.25) is 0 Å². The normalized spacial score (nSPS) is 18.5. The number of carbonyl (C=O) groups is 3. The van der Waals surface area contributed by atoms with Crippen LogP contribution in [0.3, 0.4) is 0 Å². The fourth-order valence-corrected chi connectivity index (χ4v) is 5.38. The van der Waals surface area contributed by atoms with Crippen molar-refractivity contribution in [1.82, 2.24) is 19.8 Å². The van der Waals surface area contributed by atoms with Crippen LogP contribution in [-0.4, -0.2) is 76.3 Å². The number of aryl methyl sites for hydroxylation is 1. The second-order valence-electron chi connectivity index (χ2n) is 9.95. The first kappa shape index (κ1) is 24.2. The zero-order valence-corrected chi connectivity index (χ0v) is 20.9. The Balaban J connectivity index is 1.10. The van der Waals surface area contributed by atoms with Crippen molar-refractivity contribution < 1.29 is 14.4 Å². The summed E-state index contributed by atoms with van der Waals surface area (Å²) in [7, 11) is 0. The highest BCUT2D eigenvalue weighted by atomic mass is 16.2. The average molecular weight is 491 g/mol. The Morgan fingerprint density at radius 3 is 2.31 bits per heavy atom. The molecule has 3 heterocycles. The third-order valence-electron chi connectivity index (χ3n) is 7.39. The summed E-state index contributed by atoms with van der Waals surface area (Å²) in [4.78, 5) is 52.5. The smallest absolute Gasteiger partial charge is 0.261 e. The Labute approximate surface area is 211 Å². The van der Waals surface area contributed by atoms with Crippen molar-refractivity contribution in [2.45, 2.75) is 57.9 Å². The number of imide groups is 1. The number of amides is 3. The number of aromatic nitrogens is 2. The highest BCUT2D eigenvalue weighted by molar-refractivity contribution is 6.21. The van der Waals surface area contributed by atoms with E-state index < -0.39 is 0 Å². The fraction of sp³-hybridized carbons (Fsp3) is 0.519. The Kier molecular flexibility index (Phi) is 7.16.